The van der Waals surface area contributed by atoms with E-state index in [0.29, 0.717) is 38.3 Å². The summed E-state index contributed by atoms with van der Waals surface area (Å²) in [4.78, 5) is 26.6. The molecular weight excluding hydrogens is 438 g/mol. The minimum absolute atomic E-state index is 0.103. The molecule has 0 atom stereocenters. The summed E-state index contributed by atoms with van der Waals surface area (Å²) in [6, 6.07) is 23.3. The van der Waals surface area contributed by atoms with Gasteiger partial charge in [0.05, 0.1) is 11.1 Å². The van der Waals surface area contributed by atoms with E-state index in [1.54, 1.807) is 41.0 Å². The van der Waals surface area contributed by atoms with Crippen LogP contribution in [0, 0.1) is 0 Å². The van der Waals surface area contributed by atoms with Crippen LogP contribution in [-0.2, 0) is 5.33 Å². The number of ketones is 1. The first-order valence-corrected chi connectivity index (χ1v) is 10.2. The molecule has 0 N–H and O–H groups in total. The molecule has 0 radical (unpaired) electrons. The normalized spacial score (nSPS) is 10.9. The van der Waals surface area contributed by atoms with Crippen LogP contribution < -0.4 is 0 Å². The van der Waals surface area contributed by atoms with Crippen LogP contribution in [0.25, 0.3) is 10.9 Å². The third-order valence-electron chi connectivity index (χ3n) is 4.66. The maximum Gasteiger partial charge on any atom is 0.262 e. The Kier molecular flexibility index (Phi) is 5.16. The molecule has 0 amide bonds. The highest BCUT2D eigenvalue weighted by Crippen LogP contribution is 2.31. The molecule has 28 heavy (non-hydrogen) atoms. The monoisotopic (exact) mass is 451 g/mol. The van der Waals surface area contributed by atoms with Gasteiger partial charge in [-0.25, -0.2) is 0 Å². The third-order valence-corrected chi connectivity index (χ3v) is 5.44. The van der Waals surface area contributed by atoms with Crippen molar-refractivity contribution in [3.05, 3.63) is 106 Å². The van der Waals surface area contributed by atoms with Crippen LogP contribution in [-0.4, -0.2) is 16.3 Å². The Balaban J connectivity index is 1.96. The topological polar surface area (TPSA) is 39.1 Å². The molecule has 0 aliphatic carbocycles. The fourth-order valence-electron chi connectivity index (χ4n) is 3.36. The number of benzene rings is 3. The van der Waals surface area contributed by atoms with E-state index in [2.05, 4.69) is 15.9 Å². The van der Waals surface area contributed by atoms with Crippen LogP contribution in [0.1, 0.15) is 32.0 Å². The molecule has 4 rings (SSSR count). The second kappa shape index (κ2) is 7.74. The van der Waals surface area contributed by atoms with Crippen LogP contribution in [0.5, 0.6) is 0 Å². The van der Waals surface area contributed by atoms with Gasteiger partial charge in [0.2, 0.25) is 0 Å². The van der Waals surface area contributed by atoms with Gasteiger partial charge in [-0.2, -0.15) is 0 Å². The number of rotatable bonds is 4. The van der Waals surface area contributed by atoms with Gasteiger partial charge in [0, 0.05) is 32.6 Å². The highest BCUT2D eigenvalue weighted by Gasteiger charge is 2.26. The lowest BCUT2D eigenvalue weighted by Gasteiger charge is -2.09. The van der Waals surface area contributed by atoms with E-state index in [0.717, 1.165) is 5.39 Å². The smallest absolute Gasteiger partial charge is 0.262 e. The standard InChI is InChI=1S/C23H15BrClNO2/c24-14-20-21(22(27)15-6-2-1-3-7-15)18-8-4-5-9-19(18)26(20)23(28)16-10-12-17(25)13-11-16/h1-13H,14H2. The van der Waals surface area contributed by atoms with E-state index >= 15 is 0 Å². The molecule has 0 aliphatic rings. The number of alkyl halides is 1. The van der Waals surface area contributed by atoms with E-state index in [9.17, 15) is 9.59 Å². The Labute approximate surface area is 175 Å². The lowest BCUT2D eigenvalue weighted by atomic mass is 10.0. The van der Waals surface area contributed by atoms with Gasteiger partial charge in [0.15, 0.2) is 5.78 Å². The molecule has 3 aromatic carbocycles. The van der Waals surface area contributed by atoms with Crippen molar-refractivity contribution >= 4 is 50.1 Å². The Bertz CT molecular complexity index is 1180. The predicted molar refractivity (Wildman–Crippen MR) is 116 cm³/mol. The zero-order chi connectivity index (χ0) is 19.7. The fraction of sp³-hybridized carbons (Fsp3) is 0.0435. The van der Waals surface area contributed by atoms with E-state index in [4.69, 9.17) is 11.6 Å². The number of fused-ring (bicyclic) bond motifs is 1. The molecule has 0 spiro atoms. The first kappa shape index (κ1) is 18.7. The van der Waals surface area contributed by atoms with Crippen molar-refractivity contribution in [1.82, 2.24) is 4.57 Å². The van der Waals surface area contributed by atoms with Crippen molar-refractivity contribution in [2.24, 2.45) is 0 Å². The van der Waals surface area contributed by atoms with Crippen LogP contribution in [0.4, 0.5) is 0 Å². The SMILES string of the molecule is O=C(c1ccccc1)c1c(CBr)n(C(=O)c2ccc(Cl)cc2)c2ccccc12. The van der Waals surface area contributed by atoms with Gasteiger partial charge < -0.3 is 0 Å². The van der Waals surface area contributed by atoms with E-state index in [1.165, 1.54) is 0 Å². The number of carbonyl (C=O) groups is 2. The van der Waals surface area contributed by atoms with E-state index in [-0.39, 0.29) is 11.7 Å². The van der Waals surface area contributed by atoms with Crippen LogP contribution in [0.15, 0.2) is 78.9 Å². The van der Waals surface area contributed by atoms with E-state index < -0.39 is 0 Å². The van der Waals surface area contributed by atoms with Gasteiger partial charge >= 0.3 is 0 Å². The Morgan fingerprint density at radius 1 is 0.821 bits per heavy atom. The van der Waals surface area contributed by atoms with Crippen molar-refractivity contribution in [1.29, 1.82) is 0 Å². The first-order chi connectivity index (χ1) is 13.6. The predicted octanol–water partition coefficient (Wildman–Crippen LogP) is 6.11. The largest absolute Gasteiger partial charge is 0.289 e. The first-order valence-electron chi connectivity index (χ1n) is 8.70. The number of hydrogen-bond acceptors (Lipinski definition) is 2. The average Bonchev–Trinajstić information content (AvgIpc) is 3.08. The molecule has 0 unspecified atom stereocenters. The summed E-state index contributed by atoms with van der Waals surface area (Å²) in [6.07, 6.45) is 0. The number of hydrogen-bond donors (Lipinski definition) is 0. The Morgan fingerprint density at radius 3 is 2.14 bits per heavy atom. The van der Waals surface area contributed by atoms with Gasteiger partial charge in [-0.15, -0.1) is 0 Å². The zero-order valence-corrected chi connectivity index (χ0v) is 17.1. The van der Waals surface area contributed by atoms with E-state index in [1.807, 2.05) is 42.5 Å². The van der Waals surface area contributed by atoms with Crippen molar-refractivity contribution in [2.45, 2.75) is 5.33 Å². The summed E-state index contributed by atoms with van der Waals surface area (Å²) in [5.41, 5.74) is 2.98. The van der Waals surface area contributed by atoms with Crippen LogP contribution in [0.2, 0.25) is 5.02 Å². The maximum atomic E-state index is 13.3. The number of para-hydroxylation sites is 1. The molecule has 0 saturated heterocycles. The van der Waals surface area contributed by atoms with Gasteiger partial charge in [0.25, 0.3) is 5.91 Å². The lowest BCUT2D eigenvalue weighted by Crippen LogP contribution is -2.15. The summed E-state index contributed by atoms with van der Waals surface area (Å²) in [7, 11) is 0. The van der Waals surface area contributed by atoms with Crippen molar-refractivity contribution in [2.75, 3.05) is 0 Å². The molecule has 0 fully saturated rings. The van der Waals surface area contributed by atoms with Crippen molar-refractivity contribution in [3.8, 4) is 0 Å². The summed E-state index contributed by atoms with van der Waals surface area (Å²) < 4.78 is 1.61. The minimum atomic E-state index is -0.200. The van der Waals surface area contributed by atoms with Gasteiger partial charge in [0.1, 0.15) is 0 Å². The minimum Gasteiger partial charge on any atom is -0.289 e. The number of aromatic nitrogens is 1. The quantitative estimate of drug-likeness (QED) is 0.277. The molecule has 5 heteroatoms. The molecule has 1 heterocycles. The summed E-state index contributed by atoms with van der Waals surface area (Å²) in [6.45, 7) is 0. The van der Waals surface area contributed by atoms with Crippen LogP contribution >= 0.6 is 27.5 Å². The van der Waals surface area contributed by atoms with Crippen molar-refractivity contribution < 1.29 is 9.59 Å². The summed E-state index contributed by atoms with van der Waals surface area (Å²) >= 11 is 9.44. The number of halogens is 2. The molecule has 0 bridgehead atoms. The Hall–Kier alpha value is -2.69. The Morgan fingerprint density at radius 2 is 1.46 bits per heavy atom. The maximum absolute atomic E-state index is 13.3. The molecule has 0 aliphatic heterocycles. The average molecular weight is 453 g/mol. The van der Waals surface area contributed by atoms with Crippen molar-refractivity contribution in [3.63, 3.8) is 0 Å². The highest BCUT2D eigenvalue weighted by atomic mass is 79.9. The number of nitrogens with zero attached hydrogens (tertiary/aromatic N) is 1. The van der Waals surface area contributed by atoms with Gasteiger partial charge in [-0.1, -0.05) is 76.1 Å². The second-order valence-corrected chi connectivity index (χ2v) is 7.31. The number of carbonyl (C=O) groups excluding carboxylic acids is 2. The summed E-state index contributed by atoms with van der Waals surface area (Å²) in [5, 5.41) is 1.69. The molecule has 1 aromatic heterocycles. The molecule has 0 saturated carbocycles. The van der Waals surface area contributed by atoms with Gasteiger partial charge in [-0.3, -0.25) is 14.2 Å². The molecular formula is C23H15BrClNO2. The second-order valence-electron chi connectivity index (χ2n) is 6.32. The molecule has 4 aromatic rings. The molecule has 138 valence electrons. The highest BCUT2D eigenvalue weighted by molar-refractivity contribution is 9.08. The molecule has 3 nitrogen and oxygen atoms in total. The third kappa shape index (κ3) is 3.19. The lowest BCUT2D eigenvalue weighted by molar-refractivity contribution is 0.0963. The zero-order valence-electron chi connectivity index (χ0n) is 14.7. The summed E-state index contributed by atoms with van der Waals surface area (Å²) in [5.74, 6) is -0.302. The fourth-order valence-corrected chi connectivity index (χ4v) is 4.02. The van der Waals surface area contributed by atoms with Crippen LogP contribution in [0.3, 0.4) is 0 Å². The van der Waals surface area contributed by atoms with Gasteiger partial charge in [-0.05, 0) is 30.3 Å².